The summed E-state index contributed by atoms with van der Waals surface area (Å²) in [4.78, 5) is 11.6. The third-order valence-electron chi connectivity index (χ3n) is 2.03. The first-order valence-electron chi connectivity index (χ1n) is 4.39. The molecule has 1 amide bonds. The fourth-order valence-electron chi connectivity index (χ4n) is 1.37. The third-order valence-corrected chi connectivity index (χ3v) is 4.26. The van der Waals surface area contributed by atoms with Gasteiger partial charge in [0, 0.05) is 16.4 Å². The van der Waals surface area contributed by atoms with Crippen LogP contribution in [0.15, 0.2) is 9.81 Å². The zero-order valence-electron chi connectivity index (χ0n) is 8.05. The van der Waals surface area contributed by atoms with Gasteiger partial charge in [-0.3, -0.25) is 4.79 Å². The lowest BCUT2D eigenvalue weighted by Crippen LogP contribution is -2.23. The van der Waals surface area contributed by atoms with Crippen LogP contribution in [0.1, 0.15) is 19.3 Å². The molecule has 0 spiro atoms. The molecule has 0 saturated carbocycles. The van der Waals surface area contributed by atoms with Gasteiger partial charge in [0.2, 0.25) is 5.91 Å². The molecule has 1 heterocycles. The highest BCUT2D eigenvalue weighted by Gasteiger charge is 2.16. The normalized spacial score (nSPS) is 18.0. The van der Waals surface area contributed by atoms with Crippen molar-refractivity contribution in [3.63, 3.8) is 0 Å². The molecule has 2 nitrogen and oxygen atoms in total. The highest BCUT2D eigenvalue weighted by atomic mass is 32.2. The number of carbonyl (C=O) groups is 1. The van der Waals surface area contributed by atoms with Crippen molar-refractivity contribution >= 4 is 29.4 Å². The van der Waals surface area contributed by atoms with Gasteiger partial charge in [0.15, 0.2) is 0 Å². The van der Waals surface area contributed by atoms with Gasteiger partial charge in [-0.15, -0.1) is 23.5 Å². The molecule has 1 rings (SSSR count). The summed E-state index contributed by atoms with van der Waals surface area (Å²) in [7, 11) is 0. The van der Waals surface area contributed by atoms with Crippen molar-refractivity contribution in [1.29, 1.82) is 0 Å². The topological polar surface area (TPSA) is 29.1 Å². The Bertz CT molecular complexity index is 220. The highest BCUT2D eigenvalue weighted by molar-refractivity contribution is 8.21. The van der Waals surface area contributed by atoms with Crippen LogP contribution in [0.2, 0.25) is 0 Å². The largest absolute Gasteiger partial charge is 0.352 e. The molecule has 74 valence electrons. The molecule has 0 aromatic carbocycles. The first kappa shape index (κ1) is 11.0. The van der Waals surface area contributed by atoms with Crippen molar-refractivity contribution in [3.8, 4) is 0 Å². The zero-order valence-corrected chi connectivity index (χ0v) is 9.69. The monoisotopic (exact) mass is 217 g/mol. The van der Waals surface area contributed by atoms with Crippen LogP contribution < -0.4 is 5.32 Å². The van der Waals surface area contributed by atoms with Crippen LogP contribution in [-0.2, 0) is 4.79 Å². The molecule has 0 aromatic heterocycles. The number of nitrogens with one attached hydrogen (secondary N) is 1. The average Bonchev–Trinajstić information content (AvgIpc) is 2.34. The molecule has 0 atom stereocenters. The molecule has 1 N–H and O–H groups in total. The van der Waals surface area contributed by atoms with Gasteiger partial charge in [-0.25, -0.2) is 0 Å². The Hall–Kier alpha value is -0.0900. The summed E-state index contributed by atoms with van der Waals surface area (Å²) in [6.45, 7) is 0.832. The van der Waals surface area contributed by atoms with Gasteiger partial charge in [-0.1, -0.05) is 0 Å². The molecule has 0 aliphatic carbocycles. The Morgan fingerprint density at radius 2 is 2.00 bits per heavy atom. The van der Waals surface area contributed by atoms with Crippen LogP contribution in [0.3, 0.4) is 0 Å². The molecule has 1 aliphatic heterocycles. The van der Waals surface area contributed by atoms with E-state index >= 15 is 0 Å². The number of amides is 1. The van der Waals surface area contributed by atoms with Crippen LogP contribution >= 0.6 is 23.5 Å². The minimum absolute atomic E-state index is 0.135. The van der Waals surface area contributed by atoms with E-state index < -0.39 is 0 Å². The number of hydrogen-bond donors (Lipinski definition) is 1. The van der Waals surface area contributed by atoms with Crippen molar-refractivity contribution < 1.29 is 4.79 Å². The lowest BCUT2D eigenvalue weighted by Gasteiger charge is -2.07. The Morgan fingerprint density at radius 1 is 1.31 bits per heavy atom. The maximum Gasteiger partial charge on any atom is 0.248 e. The van der Waals surface area contributed by atoms with Crippen LogP contribution in [0.25, 0.3) is 0 Å². The van der Waals surface area contributed by atoms with Crippen molar-refractivity contribution in [2.24, 2.45) is 0 Å². The predicted molar refractivity (Wildman–Crippen MR) is 60.9 cm³/mol. The molecule has 1 aliphatic rings. The van der Waals surface area contributed by atoms with Gasteiger partial charge < -0.3 is 5.32 Å². The smallest absolute Gasteiger partial charge is 0.248 e. The summed E-state index contributed by atoms with van der Waals surface area (Å²) in [5.74, 6) is 0.135. The average molecular weight is 217 g/mol. The van der Waals surface area contributed by atoms with E-state index in [9.17, 15) is 4.79 Å². The molecule has 1 fully saturated rings. The Labute approximate surface area is 87.9 Å². The number of hydrogen-bond acceptors (Lipinski definition) is 3. The first-order valence-corrected chi connectivity index (χ1v) is 6.84. The summed E-state index contributed by atoms with van der Waals surface area (Å²) in [6.07, 6.45) is 7.21. The Balaban J connectivity index is 2.83. The van der Waals surface area contributed by atoms with Gasteiger partial charge in [0.05, 0.1) is 0 Å². The highest BCUT2D eigenvalue weighted by Crippen LogP contribution is 2.30. The summed E-state index contributed by atoms with van der Waals surface area (Å²) in [5.41, 5.74) is 0.984. The molecule has 1 saturated heterocycles. The lowest BCUT2D eigenvalue weighted by atomic mass is 10.1. The van der Waals surface area contributed by atoms with Crippen LogP contribution in [0.4, 0.5) is 0 Å². The van der Waals surface area contributed by atoms with Crippen molar-refractivity contribution in [3.05, 3.63) is 9.81 Å². The summed E-state index contributed by atoms with van der Waals surface area (Å²) in [6, 6.07) is 0. The molecule has 13 heavy (non-hydrogen) atoms. The van der Waals surface area contributed by atoms with Gasteiger partial charge in [0.25, 0.3) is 0 Å². The summed E-state index contributed by atoms with van der Waals surface area (Å²) >= 11 is 3.34. The SMILES string of the molecule is CSC(SC)=C1CCCCNC1=O. The van der Waals surface area contributed by atoms with Crippen LogP contribution in [-0.4, -0.2) is 25.0 Å². The van der Waals surface area contributed by atoms with E-state index in [1.165, 1.54) is 4.24 Å². The van der Waals surface area contributed by atoms with Crippen LogP contribution in [0.5, 0.6) is 0 Å². The minimum Gasteiger partial charge on any atom is -0.352 e. The standard InChI is InChI=1S/C9H15NOS2/c1-12-9(13-2)7-5-3-4-6-10-8(7)11/h3-6H2,1-2H3,(H,10,11). The molecular formula is C9H15NOS2. The summed E-state index contributed by atoms with van der Waals surface area (Å²) < 4.78 is 1.17. The van der Waals surface area contributed by atoms with E-state index in [1.54, 1.807) is 23.5 Å². The third kappa shape index (κ3) is 2.95. The fraction of sp³-hybridized carbons (Fsp3) is 0.667. The number of thioether (sulfide) groups is 2. The zero-order chi connectivity index (χ0) is 9.68. The van der Waals surface area contributed by atoms with E-state index in [2.05, 4.69) is 5.32 Å². The second-order valence-corrected chi connectivity index (χ2v) is 4.78. The van der Waals surface area contributed by atoms with E-state index in [0.717, 1.165) is 31.4 Å². The second-order valence-electron chi connectivity index (χ2n) is 2.89. The maximum atomic E-state index is 11.6. The fourth-order valence-corrected chi connectivity index (χ4v) is 2.92. The Morgan fingerprint density at radius 3 is 2.62 bits per heavy atom. The molecule has 0 unspecified atom stereocenters. The molecule has 4 heteroatoms. The number of rotatable bonds is 2. The van der Waals surface area contributed by atoms with Gasteiger partial charge in [-0.05, 0) is 31.8 Å². The van der Waals surface area contributed by atoms with Gasteiger partial charge >= 0.3 is 0 Å². The first-order chi connectivity index (χ1) is 6.29. The van der Waals surface area contributed by atoms with Gasteiger partial charge in [-0.2, -0.15) is 0 Å². The Kier molecular flexibility index (Phi) is 4.73. The van der Waals surface area contributed by atoms with E-state index in [1.807, 2.05) is 12.5 Å². The van der Waals surface area contributed by atoms with E-state index in [0.29, 0.717) is 0 Å². The minimum atomic E-state index is 0.135. The molecular weight excluding hydrogens is 202 g/mol. The van der Waals surface area contributed by atoms with Crippen molar-refractivity contribution in [2.45, 2.75) is 19.3 Å². The van der Waals surface area contributed by atoms with Gasteiger partial charge in [0.1, 0.15) is 0 Å². The van der Waals surface area contributed by atoms with Crippen molar-refractivity contribution in [2.75, 3.05) is 19.1 Å². The predicted octanol–water partition coefficient (Wildman–Crippen LogP) is 2.22. The second kappa shape index (κ2) is 5.60. The van der Waals surface area contributed by atoms with Crippen LogP contribution in [0, 0.1) is 0 Å². The lowest BCUT2D eigenvalue weighted by molar-refractivity contribution is -0.117. The van der Waals surface area contributed by atoms with E-state index in [-0.39, 0.29) is 5.91 Å². The molecule has 0 bridgehead atoms. The molecule has 0 aromatic rings. The summed E-state index contributed by atoms with van der Waals surface area (Å²) in [5, 5.41) is 2.92. The molecule has 0 radical (unpaired) electrons. The number of carbonyl (C=O) groups excluding carboxylic acids is 1. The van der Waals surface area contributed by atoms with E-state index in [4.69, 9.17) is 0 Å². The van der Waals surface area contributed by atoms with Crippen molar-refractivity contribution in [1.82, 2.24) is 5.32 Å². The maximum absolute atomic E-state index is 11.6. The quantitative estimate of drug-likeness (QED) is 0.719.